The number of hydrogen-bond acceptors (Lipinski definition) is 1. The molecule has 3 rings (SSSR count). The zero-order valence-electron chi connectivity index (χ0n) is 14.4. The largest absolute Gasteiger partial charge is 0.393 e. The van der Waals surface area contributed by atoms with Crippen LogP contribution in [0.3, 0.4) is 0 Å². The van der Waals surface area contributed by atoms with Crippen LogP contribution >= 0.6 is 0 Å². The van der Waals surface area contributed by atoms with E-state index < -0.39 is 0 Å². The molecule has 0 amide bonds. The summed E-state index contributed by atoms with van der Waals surface area (Å²) in [6.45, 7) is 11.8. The van der Waals surface area contributed by atoms with Crippen molar-refractivity contribution in [3.05, 3.63) is 23.3 Å². The number of fused-ring (bicyclic) bond motifs is 3. The Kier molecular flexibility index (Phi) is 3.64. The average Bonchev–Trinajstić information content (AvgIpc) is 2.35. The van der Waals surface area contributed by atoms with Crippen molar-refractivity contribution in [2.75, 3.05) is 0 Å². The molecular formula is C20H32O. The lowest BCUT2D eigenvalue weighted by molar-refractivity contribution is -0.0951. The SMILES string of the molecule is CC(C)C1=CC2=CC[C@H]3C(C)(C)C[C@@H](O)C[C@]3(C)[C@H]2CC1. The Morgan fingerprint density at radius 1 is 1.19 bits per heavy atom. The monoisotopic (exact) mass is 288 g/mol. The highest BCUT2D eigenvalue weighted by Gasteiger charge is 2.54. The van der Waals surface area contributed by atoms with Crippen LogP contribution in [0.25, 0.3) is 0 Å². The summed E-state index contributed by atoms with van der Waals surface area (Å²) < 4.78 is 0. The van der Waals surface area contributed by atoms with E-state index in [4.69, 9.17) is 0 Å². The minimum Gasteiger partial charge on any atom is -0.393 e. The molecule has 0 bridgehead atoms. The summed E-state index contributed by atoms with van der Waals surface area (Å²) in [5.74, 6) is 2.05. The molecule has 0 unspecified atom stereocenters. The quantitative estimate of drug-likeness (QED) is 0.710. The van der Waals surface area contributed by atoms with E-state index in [2.05, 4.69) is 46.8 Å². The van der Waals surface area contributed by atoms with Gasteiger partial charge in [0.1, 0.15) is 0 Å². The third-order valence-corrected chi connectivity index (χ3v) is 6.78. The van der Waals surface area contributed by atoms with Crippen molar-refractivity contribution in [3.8, 4) is 0 Å². The van der Waals surface area contributed by atoms with E-state index in [-0.39, 0.29) is 16.9 Å². The molecule has 0 radical (unpaired) electrons. The smallest absolute Gasteiger partial charge is 0.0551 e. The van der Waals surface area contributed by atoms with Gasteiger partial charge in [-0.3, -0.25) is 0 Å². The fourth-order valence-corrected chi connectivity index (χ4v) is 5.82. The summed E-state index contributed by atoms with van der Waals surface area (Å²) in [5.41, 5.74) is 3.74. The van der Waals surface area contributed by atoms with Gasteiger partial charge in [0.15, 0.2) is 0 Å². The van der Waals surface area contributed by atoms with Crippen LogP contribution in [0.15, 0.2) is 23.3 Å². The maximum atomic E-state index is 10.4. The van der Waals surface area contributed by atoms with E-state index in [1.54, 1.807) is 11.1 Å². The zero-order valence-corrected chi connectivity index (χ0v) is 14.4. The van der Waals surface area contributed by atoms with Crippen molar-refractivity contribution in [3.63, 3.8) is 0 Å². The Morgan fingerprint density at radius 3 is 2.57 bits per heavy atom. The summed E-state index contributed by atoms with van der Waals surface area (Å²) >= 11 is 0. The van der Waals surface area contributed by atoms with Gasteiger partial charge in [0.05, 0.1) is 6.10 Å². The number of allylic oxidation sites excluding steroid dienone is 4. The first-order chi connectivity index (χ1) is 9.74. The zero-order chi connectivity index (χ0) is 15.4. The van der Waals surface area contributed by atoms with E-state index in [1.807, 2.05) is 0 Å². The summed E-state index contributed by atoms with van der Waals surface area (Å²) in [4.78, 5) is 0. The standard InChI is InChI=1S/C20H32O/c1-13(2)14-6-8-17-15(10-14)7-9-18-19(3,4)11-16(21)12-20(17,18)5/h7,10,13,16-18,21H,6,8-9,11-12H2,1-5H3/t16-,17+,18+,20-/m1/s1. The molecule has 0 saturated heterocycles. The van der Waals surface area contributed by atoms with Gasteiger partial charge in [0.2, 0.25) is 0 Å². The summed E-state index contributed by atoms with van der Waals surface area (Å²) in [5, 5.41) is 10.4. The van der Waals surface area contributed by atoms with Gasteiger partial charge in [-0.15, -0.1) is 0 Å². The predicted octanol–water partition coefficient (Wildman–Crippen LogP) is 5.11. The molecule has 0 aromatic heterocycles. The van der Waals surface area contributed by atoms with Crippen molar-refractivity contribution in [1.29, 1.82) is 0 Å². The van der Waals surface area contributed by atoms with Gasteiger partial charge in [-0.05, 0) is 66.3 Å². The molecule has 0 aliphatic heterocycles. The van der Waals surface area contributed by atoms with Crippen molar-refractivity contribution < 1.29 is 5.11 Å². The number of rotatable bonds is 1. The molecular weight excluding hydrogens is 256 g/mol. The first-order valence-electron chi connectivity index (χ1n) is 8.82. The molecule has 118 valence electrons. The van der Waals surface area contributed by atoms with Crippen molar-refractivity contribution in [2.45, 2.75) is 72.8 Å². The molecule has 4 atom stereocenters. The number of aliphatic hydroxyl groups excluding tert-OH is 1. The summed E-state index contributed by atoms with van der Waals surface area (Å²) in [6.07, 6.45) is 10.6. The molecule has 1 heteroatoms. The van der Waals surface area contributed by atoms with Crippen LogP contribution < -0.4 is 0 Å². The first-order valence-corrected chi connectivity index (χ1v) is 8.82. The van der Waals surface area contributed by atoms with Crippen LogP contribution in [0.2, 0.25) is 0 Å². The van der Waals surface area contributed by atoms with Crippen LogP contribution in [-0.2, 0) is 0 Å². The Balaban J connectivity index is 1.99. The Hall–Kier alpha value is -0.560. The van der Waals surface area contributed by atoms with Gasteiger partial charge in [0.25, 0.3) is 0 Å². The lowest BCUT2D eigenvalue weighted by Crippen LogP contribution is -2.52. The highest BCUT2D eigenvalue weighted by atomic mass is 16.3. The minimum absolute atomic E-state index is 0.115. The molecule has 1 N–H and O–H groups in total. The molecule has 21 heavy (non-hydrogen) atoms. The second-order valence-corrected chi connectivity index (χ2v) is 9.01. The fraction of sp³-hybridized carbons (Fsp3) is 0.800. The molecule has 0 spiro atoms. The van der Waals surface area contributed by atoms with Crippen LogP contribution in [-0.4, -0.2) is 11.2 Å². The Labute approximate surface area is 130 Å². The molecule has 1 fully saturated rings. The molecule has 3 aliphatic rings. The molecule has 0 aromatic carbocycles. The minimum atomic E-state index is -0.115. The van der Waals surface area contributed by atoms with E-state index in [0.717, 1.165) is 18.8 Å². The second kappa shape index (κ2) is 4.98. The van der Waals surface area contributed by atoms with Crippen molar-refractivity contribution in [2.24, 2.45) is 28.6 Å². The lowest BCUT2D eigenvalue weighted by Gasteiger charge is -2.58. The van der Waals surface area contributed by atoms with E-state index >= 15 is 0 Å². The second-order valence-electron chi connectivity index (χ2n) is 9.01. The maximum Gasteiger partial charge on any atom is 0.0551 e. The van der Waals surface area contributed by atoms with Gasteiger partial charge in [-0.2, -0.15) is 0 Å². The van der Waals surface area contributed by atoms with Crippen LogP contribution in [0.4, 0.5) is 0 Å². The topological polar surface area (TPSA) is 20.2 Å². The van der Waals surface area contributed by atoms with Gasteiger partial charge in [-0.25, -0.2) is 0 Å². The van der Waals surface area contributed by atoms with Crippen LogP contribution in [0.1, 0.15) is 66.7 Å². The first kappa shape index (κ1) is 15.3. The van der Waals surface area contributed by atoms with E-state index in [0.29, 0.717) is 11.8 Å². The Bertz CT molecular complexity index is 482. The molecule has 1 nitrogen and oxygen atoms in total. The highest BCUT2D eigenvalue weighted by Crippen LogP contribution is 2.61. The number of hydrogen-bond donors (Lipinski definition) is 1. The molecule has 0 aromatic rings. The van der Waals surface area contributed by atoms with Gasteiger partial charge in [-0.1, -0.05) is 52.3 Å². The summed E-state index contributed by atoms with van der Waals surface area (Å²) in [7, 11) is 0. The molecule has 1 saturated carbocycles. The predicted molar refractivity (Wildman–Crippen MR) is 89.0 cm³/mol. The third-order valence-electron chi connectivity index (χ3n) is 6.78. The van der Waals surface area contributed by atoms with Crippen molar-refractivity contribution >= 4 is 0 Å². The van der Waals surface area contributed by atoms with Gasteiger partial charge in [0, 0.05) is 0 Å². The fourth-order valence-electron chi connectivity index (χ4n) is 5.82. The van der Waals surface area contributed by atoms with E-state index in [1.165, 1.54) is 19.3 Å². The molecule has 0 heterocycles. The normalized spacial score (nSPS) is 42.0. The summed E-state index contributed by atoms with van der Waals surface area (Å²) in [6, 6.07) is 0. The highest BCUT2D eigenvalue weighted by molar-refractivity contribution is 5.35. The van der Waals surface area contributed by atoms with Crippen LogP contribution in [0, 0.1) is 28.6 Å². The maximum absolute atomic E-state index is 10.4. The number of aliphatic hydroxyl groups is 1. The van der Waals surface area contributed by atoms with Gasteiger partial charge < -0.3 is 5.11 Å². The van der Waals surface area contributed by atoms with Crippen LogP contribution in [0.5, 0.6) is 0 Å². The third kappa shape index (κ3) is 2.42. The lowest BCUT2D eigenvalue weighted by atomic mass is 9.47. The Morgan fingerprint density at radius 2 is 1.90 bits per heavy atom. The average molecular weight is 288 g/mol. The van der Waals surface area contributed by atoms with Gasteiger partial charge >= 0.3 is 0 Å². The molecule has 3 aliphatic carbocycles. The van der Waals surface area contributed by atoms with E-state index in [9.17, 15) is 5.11 Å². The van der Waals surface area contributed by atoms with Crippen molar-refractivity contribution in [1.82, 2.24) is 0 Å².